The third-order valence-electron chi connectivity index (χ3n) is 3.91. The molecule has 2 rings (SSSR count). The van der Waals surface area contributed by atoms with Crippen molar-refractivity contribution in [1.29, 1.82) is 0 Å². The normalized spacial score (nSPS) is 11.2. The number of nitrogens with zero attached hydrogens (tertiary/aromatic N) is 2. The van der Waals surface area contributed by atoms with E-state index < -0.39 is 5.97 Å². The van der Waals surface area contributed by atoms with Gasteiger partial charge in [0.05, 0.1) is 5.56 Å². The molecule has 0 amide bonds. The lowest BCUT2D eigenvalue weighted by atomic mass is 10.0. The van der Waals surface area contributed by atoms with Gasteiger partial charge in [-0.2, -0.15) is 4.98 Å². The molecule has 0 fully saturated rings. The maximum atomic E-state index is 11.0. The van der Waals surface area contributed by atoms with Crippen molar-refractivity contribution in [2.45, 2.75) is 33.6 Å². The fourth-order valence-electron chi connectivity index (χ4n) is 2.38. The second kappa shape index (κ2) is 6.61. The van der Waals surface area contributed by atoms with Crippen molar-refractivity contribution in [3.63, 3.8) is 0 Å². The zero-order valence-corrected chi connectivity index (χ0v) is 12.8. The van der Waals surface area contributed by atoms with E-state index in [4.69, 9.17) is 9.52 Å². The molecule has 1 aromatic carbocycles. The van der Waals surface area contributed by atoms with Crippen LogP contribution in [0.4, 0.5) is 6.01 Å². The topological polar surface area (TPSA) is 66.6 Å². The number of aromatic carboxylic acids is 1. The Labute approximate surface area is 124 Å². The molecule has 0 radical (unpaired) electrons. The Hall–Kier alpha value is -2.04. The van der Waals surface area contributed by atoms with Gasteiger partial charge in [-0.1, -0.05) is 26.7 Å². The van der Waals surface area contributed by atoms with Crippen molar-refractivity contribution in [3.05, 3.63) is 23.8 Å². The van der Waals surface area contributed by atoms with Gasteiger partial charge in [-0.3, -0.25) is 0 Å². The Kier molecular flexibility index (Phi) is 4.83. The first kappa shape index (κ1) is 15.4. The van der Waals surface area contributed by atoms with Crippen LogP contribution in [0.2, 0.25) is 0 Å². The second-order valence-corrected chi connectivity index (χ2v) is 5.21. The van der Waals surface area contributed by atoms with Gasteiger partial charge in [0.2, 0.25) is 0 Å². The number of anilines is 1. The molecule has 0 unspecified atom stereocenters. The Bertz CT molecular complexity index is 617. The number of hydrogen-bond donors (Lipinski definition) is 1. The smallest absolute Gasteiger partial charge is 0.335 e. The summed E-state index contributed by atoms with van der Waals surface area (Å²) in [6.07, 6.45) is 2.24. The zero-order chi connectivity index (χ0) is 15.4. The molecule has 1 heterocycles. The standard InChI is InChI=1S/C16H22N2O3/c1-4-11(5-2)10-18(6-3)16-17-13-8-7-12(15(19)20)9-14(13)21-16/h7-9,11H,4-6,10H2,1-3H3,(H,19,20). The Morgan fingerprint density at radius 1 is 1.33 bits per heavy atom. The van der Waals surface area contributed by atoms with Crippen molar-refractivity contribution >= 4 is 23.1 Å². The molecule has 5 nitrogen and oxygen atoms in total. The number of carbonyl (C=O) groups is 1. The third kappa shape index (κ3) is 3.35. The van der Waals surface area contributed by atoms with Crippen molar-refractivity contribution in [2.24, 2.45) is 5.92 Å². The van der Waals surface area contributed by atoms with E-state index in [0.29, 0.717) is 23.0 Å². The van der Waals surface area contributed by atoms with Crippen LogP contribution in [0.3, 0.4) is 0 Å². The minimum atomic E-state index is -0.959. The van der Waals surface area contributed by atoms with Gasteiger partial charge in [0.15, 0.2) is 5.58 Å². The molecule has 0 spiro atoms. The van der Waals surface area contributed by atoms with Crippen LogP contribution in [-0.4, -0.2) is 29.1 Å². The summed E-state index contributed by atoms with van der Waals surface area (Å²) >= 11 is 0. The zero-order valence-electron chi connectivity index (χ0n) is 12.8. The van der Waals surface area contributed by atoms with Crippen molar-refractivity contribution < 1.29 is 14.3 Å². The minimum Gasteiger partial charge on any atom is -0.478 e. The van der Waals surface area contributed by atoms with Crippen LogP contribution < -0.4 is 4.90 Å². The Morgan fingerprint density at radius 3 is 2.62 bits per heavy atom. The van der Waals surface area contributed by atoms with E-state index in [9.17, 15) is 4.79 Å². The monoisotopic (exact) mass is 290 g/mol. The minimum absolute atomic E-state index is 0.216. The van der Waals surface area contributed by atoms with Crippen LogP contribution in [0.5, 0.6) is 0 Å². The summed E-state index contributed by atoms with van der Waals surface area (Å²) in [4.78, 5) is 17.6. The highest BCUT2D eigenvalue weighted by Gasteiger charge is 2.17. The van der Waals surface area contributed by atoms with Crippen molar-refractivity contribution in [2.75, 3.05) is 18.0 Å². The van der Waals surface area contributed by atoms with Gasteiger partial charge < -0.3 is 14.4 Å². The van der Waals surface area contributed by atoms with Gasteiger partial charge >= 0.3 is 5.97 Å². The number of rotatable bonds is 7. The molecule has 5 heteroatoms. The third-order valence-corrected chi connectivity index (χ3v) is 3.91. The number of hydrogen-bond acceptors (Lipinski definition) is 4. The van der Waals surface area contributed by atoms with Crippen molar-refractivity contribution in [1.82, 2.24) is 4.98 Å². The van der Waals surface area contributed by atoms with E-state index in [0.717, 1.165) is 25.9 Å². The molecule has 0 bridgehead atoms. The fraction of sp³-hybridized carbons (Fsp3) is 0.500. The van der Waals surface area contributed by atoms with Crippen LogP contribution in [0.15, 0.2) is 22.6 Å². The molecule has 2 aromatic rings. The number of carboxylic acids is 1. The lowest BCUT2D eigenvalue weighted by Crippen LogP contribution is -2.29. The molecule has 1 N–H and O–H groups in total. The van der Waals surface area contributed by atoms with Crippen LogP contribution in [0.1, 0.15) is 44.0 Å². The second-order valence-electron chi connectivity index (χ2n) is 5.21. The van der Waals surface area contributed by atoms with Crippen LogP contribution in [-0.2, 0) is 0 Å². The van der Waals surface area contributed by atoms with Gasteiger partial charge in [-0.05, 0) is 31.0 Å². The average Bonchev–Trinajstić information content (AvgIpc) is 2.91. The number of carboxylic acid groups (broad SMARTS) is 1. The highest BCUT2D eigenvalue weighted by atomic mass is 16.4. The summed E-state index contributed by atoms with van der Waals surface area (Å²) in [6, 6.07) is 5.34. The molecule has 0 aliphatic rings. The molecule has 1 aromatic heterocycles. The van der Waals surface area contributed by atoms with E-state index in [2.05, 4.69) is 30.7 Å². The van der Waals surface area contributed by atoms with E-state index in [1.807, 2.05) is 0 Å². The van der Waals surface area contributed by atoms with Crippen LogP contribution in [0.25, 0.3) is 11.1 Å². The molecular formula is C16H22N2O3. The fourth-order valence-corrected chi connectivity index (χ4v) is 2.38. The lowest BCUT2D eigenvalue weighted by molar-refractivity contribution is 0.0697. The van der Waals surface area contributed by atoms with Crippen LogP contribution >= 0.6 is 0 Å². The highest BCUT2D eigenvalue weighted by Crippen LogP contribution is 2.24. The van der Waals surface area contributed by atoms with Crippen molar-refractivity contribution in [3.8, 4) is 0 Å². The van der Waals surface area contributed by atoms with E-state index in [-0.39, 0.29) is 5.56 Å². The Morgan fingerprint density at radius 2 is 2.05 bits per heavy atom. The van der Waals surface area contributed by atoms with Gasteiger partial charge in [-0.25, -0.2) is 4.79 Å². The van der Waals surface area contributed by atoms with E-state index in [1.165, 1.54) is 6.07 Å². The summed E-state index contributed by atoms with van der Waals surface area (Å²) in [5.74, 6) is -0.353. The SMILES string of the molecule is CCC(CC)CN(CC)c1nc2ccc(C(=O)O)cc2o1. The molecular weight excluding hydrogens is 268 g/mol. The highest BCUT2D eigenvalue weighted by molar-refractivity contribution is 5.92. The molecule has 0 aliphatic heterocycles. The van der Waals surface area contributed by atoms with Gasteiger partial charge in [0.1, 0.15) is 5.52 Å². The van der Waals surface area contributed by atoms with E-state index >= 15 is 0 Å². The first-order valence-corrected chi connectivity index (χ1v) is 7.47. The number of oxazole rings is 1. The Balaban J connectivity index is 2.29. The van der Waals surface area contributed by atoms with Crippen LogP contribution in [0, 0.1) is 5.92 Å². The average molecular weight is 290 g/mol. The van der Waals surface area contributed by atoms with Gasteiger partial charge in [0, 0.05) is 13.1 Å². The van der Waals surface area contributed by atoms with E-state index in [1.54, 1.807) is 12.1 Å². The number of aromatic nitrogens is 1. The molecule has 0 aliphatic carbocycles. The number of benzene rings is 1. The first-order chi connectivity index (χ1) is 10.1. The molecule has 0 atom stereocenters. The summed E-state index contributed by atoms with van der Waals surface area (Å²) in [7, 11) is 0. The summed E-state index contributed by atoms with van der Waals surface area (Å²) < 4.78 is 5.75. The maximum Gasteiger partial charge on any atom is 0.335 e. The predicted octanol–water partition coefficient (Wildman–Crippen LogP) is 3.79. The van der Waals surface area contributed by atoms with Gasteiger partial charge in [0.25, 0.3) is 6.01 Å². The quantitative estimate of drug-likeness (QED) is 0.840. The predicted molar refractivity (Wildman–Crippen MR) is 82.9 cm³/mol. The molecule has 21 heavy (non-hydrogen) atoms. The van der Waals surface area contributed by atoms with Gasteiger partial charge in [-0.15, -0.1) is 0 Å². The summed E-state index contributed by atoms with van der Waals surface area (Å²) in [5.41, 5.74) is 1.43. The molecule has 0 saturated carbocycles. The summed E-state index contributed by atoms with van der Waals surface area (Å²) in [6.45, 7) is 8.16. The lowest BCUT2D eigenvalue weighted by Gasteiger charge is -2.23. The maximum absolute atomic E-state index is 11.0. The molecule has 114 valence electrons. The first-order valence-electron chi connectivity index (χ1n) is 7.47. The number of fused-ring (bicyclic) bond motifs is 1. The molecule has 0 saturated heterocycles. The summed E-state index contributed by atoms with van der Waals surface area (Å²) in [5, 5.41) is 9.02. The largest absolute Gasteiger partial charge is 0.478 e.